The summed E-state index contributed by atoms with van der Waals surface area (Å²) in [5.41, 5.74) is 0.953. The first kappa shape index (κ1) is 8.83. The van der Waals surface area contributed by atoms with Crippen molar-refractivity contribution in [2.24, 2.45) is 0 Å². The van der Waals surface area contributed by atoms with Crippen molar-refractivity contribution in [1.82, 2.24) is 25.3 Å². The van der Waals surface area contributed by atoms with Gasteiger partial charge in [-0.05, 0) is 13.1 Å². The van der Waals surface area contributed by atoms with Crippen LogP contribution in [0.4, 0.5) is 0 Å². The Hall–Kier alpha value is -1.75. The summed E-state index contributed by atoms with van der Waals surface area (Å²) in [6.45, 7) is 0.732. The van der Waals surface area contributed by atoms with E-state index in [0.717, 1.165) is 12.2 Å². The summed E-state index contributed by atoms with van der Waals surface area (Å²) >= 11 is 0. The number of nitrogens with one attached hydrogen (secondary N) is 2. The minimum atomic E-state index is 0.628. The second-order valence-electron chi connectivity index (χ2n) is 2.84. The molecular formula is C9H11N5. The Morgan fingerprint density at radius 3 is 3.00 bits per heavy atom. The molecule has 0 spiro atoms. The molecule has 0 unspecified atom stereocenters. The zero-order chi connectivity index (χ0) is 9.80. The van der Waals surface area contributed by atoms with Crippen LogP contribution < -0.4 is 5.32 Å². The van der Waals surface area contributed by atoms with Crippen molar-refractivity contribution in [2.75, 3.05) is 7.05 Å². The first-order valence-corrected chi connectivity index (χ1v) is 4.36. The maximum absolute atomic E-state index is 4.34. The molecule has 2 aromatic heterocycles. The maximum Gasteiger partial charge on any atom is 0.195 e. The van der Waals surface area contributed by atoms with Crippen LogP contribution in [0.5, 0.6) is 0 Å². The average Bonchev–Trinajstić information content (AvgIpc) is 2.71. The van der Waals surface area contributed by atoms with Gasteiger partial charge < -0.3 is 10.3 Å². The molecule has 5 heteroatoms. The Bertz CT molecular complexity index is 395. The number of rotatable bonds is 3. The maximum atomic E-state index is 4.34. The van der Waals surface area contributed by atoms with Gasteiger partial charge in [0.05, 0.1) is 5.69 Å². The number of hydrogen-bond donors (Lipinski definition) is 2. The van der Waals surface area contributed by atoms with E-state index in [4.69, 9.17) is 0 Å². The van der Waals surface area contributed by atoms with Crippen LogP contribution in [0.25, 0.3) is 11.6 Å². The van der Waals surface area contributed by atoms with E-state index < -0.39 is 0 Å². The van der Waals surface area contributed by atoms with Gasteiger partial charge in [0.15, 0.2) is 11.6 Å². The summed E-state index contributed by atoms with van der Waals surface area (Å²) in [4.78, 5) is 15.5. The van der Waals surface area contributed by atoms with Gasteiger partial charge in [0.1, 0.15) is 0 Å². The van der Waals surface area contributed by atoms with Crippen LogP contribution in [0.15, 0.2) is 24.7 Å². The molecule has 0 saturated carbocycles. The topological polar surface area (TPSA) is 66.5 Å². The van der Waals surface area contributed by atoms with E-state index in [1.54, 1.807) is 18.6 Å². The van der Waals surface area contributed by atoms with E-state index in [1.165, 1.54) is 0 Å². The fraction of sp³-hybridized carbons (Fsp3) is 0.222. The van der Waals surface area contributed by atoms with Crippen molar-refractivity contribution in [3.05, 3.63) is 30.4 Å². The first-order valence-electron chi connectivity index (χ1n) is 4.36. The summed E-state index contributed by atoms with van der Waals surface area (Å²) in [5.74, 6) is 1.32. The minimum absolute atomic E-state index is 0.628. The van der Waals surface area contributed by atoms with Gasteiger partial charge in [0.2, 0.25) is 0 Å². The first-order chi connectivity index (χ1) is 6.90. The smallest absolute Gasteiger partial charge is 0.195 e. The largest absolute Gasteiger partial charge is 0.342 e. The highest BCUT2D eigenvalue weighted by atomic mass is 15.0. The second kappa shape index (κ2) is 3.97. The lowest BCUT2D eigenvalue weighted by molar-refractivity contribution is 0.787. The highest BCUT2D eigenvalue weighted by molar-refractivity contribution is 5.41. The van der Waals surface area contributed by atoms with Gasteiger partial charge in [-0.3, -0.25) is 0 Å². The van der Waals surface area contributed by atoms with Crippen LogP contribution >= 0.6 is 0 Å². The van der Waals surface area contributed by atoms with Crippen LogP contribution in [0.1, 0.15) is 5.69 Å². The predicted octanol–water partition coefficient (Wildman–Crippen LogP) is 0.586. The molecular weight excluding hydrogens is 178 g/mol. The van der Waals surface area contributed by atoms with Gasteiger partial charge in [0.25, 0.3) is 0 Å². The van der Waals surface area contributed by atoms with Gasteiger partial charge in [-0.15, -0.1) is 0 Å². The van der Waals surface area contributed by atoms with Crippen molar-refractivity contribution in [2.45, 2.75) is 6.54 Å². The van der Waals surface area contributed by atoms with Gasteiger partial charge in [-0.25, -0.2) is 15.0 Å². The van der Waals surface area contributed by atoms with Crippen LogP contribution in [0.2, 0.25) is 0 Å². The number of imidazole rings is 1. The van der Waals surface area contributed by atoms with Crippen molar-refractivity contribution in [3.63, 3.8) is 0 Å². The fourth-order valence-corrected chi connectivity index (χ4v) is 1.18. The van der Waals surface area contributed by atoms with Gasteiger partial charge in [-0.2, -0.15) is 0 Å². The molecule has 0 aliphatic carbocycles. The molecule has 2 heterocycles. The van der Waals surface area contributed by atoms with Gasteiger partial charge in [0, 0.05) is 25.1 Å². The molecule has 0 fully saturated rings. The summed E-state index contributed by atoms with van der Waals surface area (Å²) < 4.78 is 0. The summed E-state index contributed by atoms with van der Waals surface area (Å²) in [6, 6.07) is 1.88. The molecule has 5 nitrogen and oxygen atoms in total. The Morgan fingerprint density at radius 2 is 2.29 bits per heavy atom. The van der Waals surface area contributed by atoms with E-state index in [9.17, 15) is 0 Å². The number of H-pyrrole nitrogens is 1. The molecule has 0 saturated heterocycles. The SMILES string of the molecule is CNCc1ccnc(-c2ncc[nH]2)n1. The molecule has 72 valence electrons. The highest BCUT2D eigenvalue weighted by Crippen LogP contribution is 2.07. The van der Waals surface area contributed by atoms with E-state index in [2.05, 4.69) is 25.3 Å². The van der Waals surface area contributed by atoms with E-state index in [1.807, 2.05) is 13.1 Å². The zero-order valence-electron chi connectivity index (χ0n) is 7.86. The van der Waals surface area contributed by atoms with Crippen molar-refractivity contribution >= 4 is 0 Å². The second-order valence-corrected chi connectivity index (χ2v) is 2.84. The Labute approximate surface area is 81.6 Å². The number of aromatic nitrogens is 4. The van der Waals surface area contributed by atoms with Crippen LogP contribution in [0.3, 0.4) is 0 Å². The normalized spacial score (nSPS) is 10.4. The van der Waals surface area contributed by atoms with Crippen molar-refractivity contribution < 1.29 is 0 Å². The third-order valence-electron chi connectivity index (χ3n) is 1.78. The highest BCUT2D eigenvalue weighted by Gasteiger charge is 2.03. The van der Waals surface area contributed by atoms with Crippen molar-refractivity contribution in [1.29, 1.82) is 0 Å². The van der Waals surface area contributed by atoms with E-state index in [-0.39, 0.29) is 0 Å². The van der Waals surface area contributed by atoms with Crippen LogP contribution in [-0.2, 0) is 6.54 Å². The van der Waals surface area contributed by atoms with Gasteiger partial charge in [-0.1, -0.05) is 0 Å². The molecule has 2 rings (SSSR count). The molecule has 2 N–H and O–H groups in total. The van der Waals surface area contributed by atoms with Crippen LogP contribution in [-0.4, -0.2) is 27.0 Å². The molecule has 0 aliphatic rings. The van der Waals surface area contributed by atoms with Crippen LogP contribution in [0, 0.1) is 0 Å². The standard InChI is InChI=1S/C9H11N5/c1-10-6-7-2-3-11-9(14-7)8-12-4-5-13-8/h2-5,10H,6H2,1H3,(H,12,13). The van der Waals surface area contributed by atoms with E-state index >= 15 is 0 Å². The third kappa shape index (κ3) is 1.77. The van der Waals surface area contributed by atoms with E-state index in [0.29, 0.717) is 11.6 Å². The Kier molecular flexibility index (Phi) is 2.51. The molecule has 0 aromatic carbocycles. The quantitative estimate of drug-likeness (QED) is 0.741. The summed E-state index contributed by atoms with van der Waals surface area (Å²) in [6.07, 6.45) is 5.17. The monoisotopic (exact) mass is 189 g/mol. The molecule has 0 amide bonds. The molecule has 0 radical (unpaired) electrons. The number of nitrogens with zero attached hydrogens (tertiary/aromatic N) is 3. The summed E-state index contributed by atoms with van der Waals surface area (Å²) in [5, 5.41) is 3.04. The zero-order valence-corrected chi connectivity index (χ0v) is 7.86. The Balaban J connectivity index is 2.31. The molecule has 14 heavy (non-hydrogen) atoms. The lowest BCUT2D eigenvalue weighted by Gasteiger charge is -2.00. The lowest BCUT2D eigenvalue weighted by atomic mass is 10.4. The summed E-state index contributed by atoms with van der Waals surface area (Å²) in [7, 11) is 1.88. The minimum Gasteiger partial charge on any atom is -0.342 e. The number of hydrogen-bond acceptors (Lipinski definition) is 4. The molecule has 0 atom stereocenters. The van der Waals surface area contributed by atoms with Crippen molar-refractivity contribution in [3.8, 4) is 11.6 Å². The molecule has 0 bridgehead atoms. The van der Waals surface area contributed by atoms with Gasteiger partial charge >= 0.3 is 0 Å². The fourth-order valence-electron chi connectivity index (χ4n) is 1.18. The predicted molar refractivity (Wildman–Crippen MR) is 52.4 cm³/mol. The lowest BCUT2D eigenvalue weighted by Crippen LogP contribution is -2.07. The molecule has 0 aliphatic heterocycles. The number of aromatic amines is 1. The Morgan fingerprint density at radius 1 is 1.36 bits per heavy atom. The average molecular weight is 189 g/mol. The third-order valence-corrected chi connectivity index (χ3v) is 1.78. The molecule has 2 aromatic rings.